The number of carbonyl (C=O) groups is 2. The largest absolute Gasteiger partial charge is 0.351 e. The molecule has 0 unspecified atom stereocenters. The molecule has 1 aromatic carbocycles. The van der Waals surface area contributed by atoms with Crippen LogP contribution in [0.15, 0.2) is 30.3 Å². The number of fused-ring (bicyclic) bond motifs is 3. The summed E-state index contributed by atoms with van der Waals surface area (Å²) in [4.78, 5) is 32.2. The Labute approximate surface area is 210 Å². The average Bonchev–Trinajstić information content (AvgIpc) is 3.22. The molecule has 0 radical (unpaired) electrons. The zero-order valence-corrected chi connectivity index (χ0v) is 21.4. The van der Waals surface area contributed by atoms with Crippen molar-refractivity contribution in [3.8, 4) is 0 Å². The SMILES string of the molecule is C[C@]1(C(=O)NC2CCCCCCC2)Cn2c(cc3ccccc32)C(=O)N1CCCN1CCCCC1. The number of carbonyl (C=O) groups excluding carboxylic acids is 2. The molecule has 3 heterocycles. The van der Waals surface area contributed by atoms with E-state index in [1.165, 1.54) is 51.4 Å². The molecule has 1 atom stereocenters. The van der Waals surface area contributed by atoms with E-state index in [4.69, 9.17) is 0 Å². The Hall–Kier alpha value is -2.34. The Morgan fingerprint density at radius 3 is 2.43 bits per heavy atom. The van der Waals surface area contributed by atoms with E-state index < -0.39 is 5.54 Å². The van der Waals surface area contributed by atoms with Crippen LogP contribution in [0.1, 0.15) is 88.0 Å². The molecule has 2 amide bonds. The maximum Gasteiger partial charge on any atom is 0.271 e. The van der Waals surface area contributed by atoms with E-state index in [1.54, 1.807) is 0 Å². The molecule has 1 N–H and O–H groups in total. The highest BCUT2D eigenvalue weighted by Crippen LogP contribution is 2.33. The van der Waals surface area contributed by atoms with E-state index in [0.29, 0.717) is 18.8 Å². The molecule has 3 aliphatic rings. The number of nitrogens with one attached hydrogen (secondary N) is 1. The van der Waals surface area contributed by atoms with Gasteiger partial charge in [0.15, 0.2) is 0 Å². The average molecular weight is 479 g/mol. The molecule has 1 saturated heterocycles. The molecule has 1 aromatic heterocycles. The van der Waals surface area contributed by atoms with E-state index in [0.717, 1.165) is 49.8 Å². The van der Waals surface area contributed by atoms with Gasteiger partial charge in [-0.1, -0.05) is 56.7 Å². The fourth-order valence-corrected chi connectivity index (χ4v) is 6.43. The van der Waals surface area contributed by atoms with Crippen LogP contribution in [0.5, 0.6) is 0 Å². The van der Waals surface area contributed by atoms with Gasteiger partial charge in [0.25, 0.3) is 5.91 Å². The Kier molecular flexibility index (Phi) is 7.47. The molecule has 0 spiro atoms. The first-order chi connectivity index (χ1) is 17.1. The lowest BCUT2D eigenvalue weighted by atomic mass is 9.92. The first kappa shape index (κ1) is 24.4. The number of piperidine rings is 1. The van der Waals surface area contributed by atoms with Crippen LogP contribution in [0.25, 0.3) is 10.9 Å². The summed E-state index contributed by atoms with van der Waals surface area (Å²) in [7, 11) is 0. The van der Waals surface area contributed by atoms with Gasteiger partial charge in [0.1, 0.15) is 11.2 Å². The predicted molar refractivity (Wildman–Crippen MR) is 141 cm³/mol. The minimum atomic E-state index is -0.893. The van der Waals surface area contributed by atoms with Gasteiger partial charge >= 0.3 is 0 Å². The third kappa shape index (κ3) is 5.13. The van der Waals surface area contributed by atoms with Crippen LogP contribution in [-0.4, -0.2) is 63.9 Å². The van der Waals surface area contributed by atoms with Crippen LogP contribution in [0.2, 0.25) is 0 Å². The molecule has 190 valence electrons. The number of likely N-dealkylation sites (tertiary alicyclic amines) is 1. The van der Waals surface area contributed by atoms with Crippen LogP contribution < -0.4 is 5.32 Å². The van der Waals surface area contributed by atoms with E-state index in [2.05, 4.69) is 26.9 Å². The van der Waals surface area contributed by atoms with Crippen molar-refractivity contribution in [3.05, 3.63) is 36.0 Å². The van der Waals surface area contributed by atoms with Gasteiger partial charge in [-0.05, 0) is 70.8 Å². The number of hydrogen-bond donors (Lipinski definition) is 1. The molecule has 1 saturated carbocycles. The molecule has 6 heteroatoms. The van der Waals surface area contributed by atoms with Crippen molar-refractivity contribution in [1.82, 2.24) is 19.7 Å². The summed E-state index contributed by atoms with van der Waals surface area (Å²) in [5.74, 6) is -0.000706. The third-order valence-electron chi connectivity index (χ3n) is 8.57. The van der Waals surface area contributed by atoms with Crippen LogP contribution in [-0.2, 0) is 11.3 Å². The van der Waals surface area contributed by atoms with Crippen LogP contribution in [0.4, 0.5) is 0 Å². The molecule has 5 rings (SSSR count). The van der Waals surface area contributed by atoms with Crippen molar-refractivity contribution in [2.45, 2.75) is 95.7 Å². The fourth-order valence-electron chi connectivity index (χ4n) is 6.43. The van der Waals surface area contributed by atoms with Crippen molar-refractivity contribution < 1.29 is 9.59 Å². The number of benzene rings is 1. The molecule has 1 aliphatic carbocycles. The second kappa shape index (κ2) is 10.7. The van der Waals surface area contributed by atoms with E-state index in [9.17, 15) is 9.59 Å². The number of para-hydroxylation sites is 1. The summed E-state index contributed by atoms with van der Waals surface area (Å²) < 4.78 is 2.08. The lowest BCUT2D eigenvalue weighted by Crippen LogP contribution is -2.65. The number of hydrogen-bond acceptors (Lipinski definition) is 3. The quantitative estimate of drug-likeness (QED) is 0.638. The molecule has 2 fully saturated rings. The van der Waals surface area contributed by atoms with Gasteiger partial charge in [-0.3, -0.25) is 9.59 Å². The summed E-state index contributed by atoms with van der Waals surface area (Å²) >= 11 is 0. The highest BCUT2D eigenvalue weighted by atomic mass is 16.2. The van der Waals surface area contributed by atoms with Gasteiger partial charge in [0, 0.05) is 23.5 Å². The van der Waals surface area contributed by atoms with Crippen LogP contribution in [0, 0.1) is 0 Å². The lowest BCUT2D eigenvalue weighted by Gasteiger charge is -2.45. The molecule has 6 nitrogen and oxygen atoms in total. The summed E-state index contributed by atoms with van der Waals surface area (Å²) in [5, 5.41) is 4.47. The maximum atomic E-state index is 13.9. The van der Waals surface area contributed by atoms with E-state index in [1.807, 2.05) is 30.0 Å². The van der Waals surface area contributed by atoms with Crippen molar-refractivity contribution in [1.29, 1.82) is 0 Å². The topological polar surface area (TPSA) is 57.6 Å². The van der Waals surface area contributed by atoms with Gasteiger partial charge in [-0.15, -0.1) is 0 Å². The summed E-state index contributed by atoms with van der Waals surface area (Å²) in [6.45, 7) is 6.41. The second-order valence-corrected chi connectivity index (χ2v) is 11.2. The number of rotatable bonds is 6. The minimum Gasteiger partial charge on any atom is -0.351 e. The highest BCUT2D eigenvalue weighted by molar-refractivity contribution is 6.03. The van der Waals surface area contributed by atoms with Gasteiger partial charge in [0.05, 0.1) is 6.54 Å². The molecular formula is C29H42N4O2. The molecule has 0 bridgehead atoms. The highest BCUT2D eigenvalue weighted by Gasteiger charge is 2.47. The zero-order valence-electron chi connectivity index (χ0n) is 21.4. The Bertz CT molecular complexity index is 1030. The van der Waals surface area contributed by atoms with E-state index >= 15 is 0 Å². The van der Waals surface area contributed by atoms with Crippen molar-refractivity contribution in [3.63, 3.8) is 0 Å². The van der Waals surface area contributed by atoms with Crippen LogP contribution >= 0.6 is 0 Å². The smallest absolute Gasteiger partial charge is 0.271 e. The summed E-state index contributed by atoms with van der Waals surface area (Å²) in [5.41, 5.74) is 0.852. The van der Waals surface area contributed by atoms with Gasteiger partial charge in [-0.2, -0.15) is 0 Å². The maximum absolute atomic E-state index is 13.9. The normalized spacial score (nSPS) is 24.7. The first-order valence-corrected chi connectivity index (χ1v) is 14.0. The molecule has 2 aliphatic heterocycles. The molecular weight excluding hydrogens is 436 g/mol. The number of amides is 2. The van der Waals surface area contributed by atoms with Crippen molar-refractivity contribution >= 4 is 22.7 Å². The molecule has 2 aromatic rings. The standard InChI is InChI=1S/C29H42N4O2/c1-29(28(35)30-24-14-6-3-2-4-7-15-24)22-32-25-16-9-8-13-23(25)21-26(32)27(34)33(29)20-12-19-31-17-10-5-11-18-31/h8-9,13,16,21,24H,2-7,10-12,14-15,17-20,22H2,1H3,(H,30,35)/t29-/m1/s1. The predicted octanol–water partition coefficient (Wildman–Crippen LogP) is 4.96. The van der Waals surface area contributed by atoms with E-state index in [-0.39, 0.29) is 17.9 Å². The van der Waals surface area contributed by atoms with Crippen molar-refractivity contribution in [2.24, 2.45) is 0 Å². The fraction of sp³-hybridized carbons (Fsp3) is 0.655. The molecule has 35 heavy (non-hydrogen) atoms. The lowest BCUT2D eigenvalue weighted by molar-refractivity contribution is -0.133. The summed E-state index contributed by atoms with van der Waals surface area (Å²) in [6, 6.07) is 10.4. The summed E-state index contributed by atoms with van der Waals surface area (Å²) in [6.07, 6.45) is 13.0. The second-order valence-electron chi connectivity index (χ2n) is 11.2. The first-order valence-electron chi connectivity index (χ1n) is 14.0. The Balaban J connectivity index is 1.39. The Morgan fingerprint density at radius 2 is 1.66 bits per heavy atom. The van der Waals surface area contributed by atoms with Gasteiger partial charge in [-0.25, -0.2) is 0 Å². The van der Waals surface area contributed by atoms with Gasteiger partial charge < -0.3 is 19.7 Å². The third-order valence-corrected chi connectivity index (χ3v) is 8.57. The number of aromatic nitrogens is 1. The zero-order chi connectivity index (χ0) is 24.3. The van der Waals surface area contributed by atoms with Gasteiger partial charge in [0.2, 0.25) is 5.91 Å². The number of nitrogens with zero attached hydrogens (tertiary/aromatic N) is 3. The minimum absolute atomic E-state index is 0.0119. The Morgan fingerprint density at radius 1 is 0.971 bits per heavy atom. The van der Waals surface area contributed by atoms with Crippen molar-refractivity contribution in [2.75, 3.05) is 26.2 Å². The van der Waals surface area contributed by atoms with Crippen LogP contribution in [0.3, 0.4) is 0 Å². The monoisotopic (exact) mass is 478 g/mol.